The molecule has 32 heavy (non-hydrogen) atoms. The first kappa shape index (κ1) is 21.0. The molecular formula is C23H26ClN6O2+. The smallest absolute Gasteiger partial charge is 0.317 e. The molecular weight excluding hydrogens is 428 g/mol. The molecule has 0 radical (unpaired) electrons. The van der Waals surface area contributed by atoms with Crippen LogP contribution in [0.25, 0.3) is 0 Å². The third-order valence-corrected chi connectivity index (χ3v) is 6.42. The Kier molecular flexibility index (Phi) is 5.85. The Hall–Kier alpha value is -2.90. The summed E-state index contributed by atoms with van der Waals surface area (Å²) in [7, 11) is 1.59. The van der Waals surface area contributed by atoms with Gasteiger partial charge in [0.1, 0.15) is 24.3 Å². The van der Waals surface area contributed by atoms with E-state index in [9.17, 15) is 5.11 Å². The molecule has 8 nitrogen and oxygen atoms in total. The quantitative estimate of drug-likeness (QED) is 0.394. The SMILES string of the molecule is COc1ccc(CNc2nc(N3CC4CC4C3)ncc2C(O)NCC2=[N+]=CC=C2)cc1Cl. The zero-order chi connectivity index (χ0) is 22.1. The van der Waals surface area contributed by atoms with E-state index < -0.39 is 6.23 Å². The average Bonchev–Trinajstić information content (AvgIpc) is 3.18. The molecule has 3 heterocycles. The molecule has 9 heteroatoms. The van der Waals surface area contributed by atoms with Gasteiger partial charge in [0.05, 0.1) is 17.7 Å². The van der Waals surface area contributed by atoms with E-state index in [0.29, 0.717) is 41.2 Å². The van der Waals surface area contributed by atoms with Crippen LogP contribution in [-0.4, -0.2) is 53.7 Å². The summed E-state index contributed by atoms with van der Waals surface area (Å²) in [6.07, 6.45) is 7.59. The number of methoxy groups -OCH3 is 1. The van der Waals surface area contributed by atoms with Crippen LogP contribution in [0, 0.1) is 11.8 Å². The van der Waals surface area contributed by atoms with Crippen molar-refractivity contribution in [2.75, 3.05) is 37.0 Å². The summed E-state index contributed by atoms with van der Waals surface area (Å²) in [5.74, 6) is 3.48. The molecule has 2 aromatic rings. The van der Waals surface area contributed by atoms with Gasteiger partial charge in [-0.2, -0.15) is 4.98 Å². The van der Waals surface area contributed by atoms with Crippen molar-refractivity contribution < 1.29 is 9.84 Å². The van der Waals surface area contributed by atoms with Crippen molar-refractivity contribution in [3.8, 4) is 5.75 Å². The number of aliphatic hydroxyl groups excluding tert-OH is 1. The van der Waals surface area contributed by atoms with Gasteiger partial charge in [0.25, 0.3) is 6.21 Å². The Morgan fingerprint density at radius 2 is 2.16 bits per heavy atom. The van der Waals surface area contributed by atoms with Gasteiger partial charge in [-0.25, -0.2) is 4.98 Å². The van der Waals surface area contributed by atoms with Crippen LogP contribution in [0.2, 0.25) is 5.02 Å². The Morgan fingerprint density at radius 1 is 1.31 bits per heavy atom. The highest BCUT2D eigenvalue weighted by Crippen LogP contribution is 2.45. The summed E-state index contributed by atoms with van der Waals surface area (Å²) in [5.41, 5.74) is 2.43. The second-order valence-electron chi connectivity index (χ2n) is 8.37. The number of aliphatic hydroxyl groups is 1. The summed E-state index contributed by atoms with van der Waals surface area (Å²) in [6.45, 7) is 2.94. The zero-order valence-electron chi connectivity index (χ0n) is 17.8. The molecule has 0 spiro atoms. The summed E-state index contributed by atoms with van der Waals surface area (Å²) in [5, 5.41) is 17.8. The van der Waals surface area contributed by atoms with E-state index in [1.54, 1.807) is 19.5 Å². The third-order valence-electron chi connectivity index (χ3n) is 6.13. The van der Waals surface area contributed by atoms with Crippen LogP contribution < -0.4 is 24.9 Å². The number of rotatable bonds is 9. The number of allylic oxidation sites excluding steroid dienone is 1. The van der Waals surface area contributed by atoms with Gasteiger partial charge >= 0.3 is 5.71 Å². The van der Waals surface area contributed by atoms with E-state index in [1.807, 2.05) is 30.4 Å². The maximum Gasteiger partial charge on any atom is 0.317 e. The van der Waals surface area contributed by atoms with Crippen molar-refractivity contribution in [3.05, 3.63) is 52.7 Å². The van der Waals surface area contributed by atoms with Crippen LogP contribution in [0.3, 0.4) is 0 Å². The van der Waals surface area contributed by atoms with Crippen LogP contribution in [0.5, 0.6) is 5.75 Å². The number of fused-ring (bicyclic) bond motifs is 1. The molecule has 3 atom stereocenters. The highest BCUT2D eigenvalue weighted by Gasteiger charge is 2.45. The van der Waals surface area contributed by atoms with Crippen LogP contribution in [-0.2, 0) is 6.54 Å². The highest BCUT2D eigenvalue weighted by molar-refractivity contribution is 6.32. The fourth-order valence-electron chi connectivity index (χ4n) is 4.19. The second-order valence-corrected chi connectivity index (χ2v) is 8.78. The summed E-state index contributed by atoms with van der Waals surface area (Å²) in [6, 6.07) is 5.65. The number of hydrogen-bond acceptors (Lipinski definition) is 7. The van der Waals surface area contributed by atoms with Gasteiger partial charge in [-0.3, -0.25) is 5.32 Å². The van der Waals surface area contributed by atoms with E-state index in [2.05, 4.69) is 25.2 Å². The summed E-state index contributed by atoms with van der Waals surface area (Å²) in [4.78, 5) is 11.6. The largest absolute Gasteiger partial charge is 0.495 e. The molecule has 1 aromatic carbocycles. The number of hydrogen-bond donors (Lipinski definition) is 3. The molecule has 1 saturated heterocycles. The Labute approximate surface area is 191 Å². The topological polar surface area (TPSA) is 96.6 Å². The van der Waals surface area contributed by atoms with Gasteiger partial charge in [-0.1, -0.05) is 22.3 Å². The monoisotopic (exact) mass is 453 g/mol. The molecule has 3 N–H and O–H groups in total. The predicted molar refractivity (Wildman–Crippen MR) is 126 cm³/mol. The average molecular weight is 454 g/mol. The molecule has 3 unspecified atom stereocenters. The molecule has 3 aliphatic rings. The van der Waals surface area contributed by atoms with Gasteiger partial charge in [0, 0.05) is 38.0 Å². The van der Waals surface area contributed by atoms with Gasteiger partial charge < -0.3 is 20.1 Å². The Bertz CT molecular complexity index is 1100. The normalized spacial score (nSPS) is 21.5. The van der Waals surface area contributed by atoms with Gasteiger partial charge in [0.2, 0.25) is 5.95 Å². The number of halogens is 1. The number of ether oxygens (including phenoxy) is 1. The van der Waals surface area contributed by atoms with E-state index in [0.717, 1.165) is 36.2 Å². The van der Waals surface area contributed by atoms with Crippen LogP contribution in [0.4, 0.5) is 11.8 Å². The first-order chi connectivity index (χ1) is 15.6. The lowest BCUT2D eigenvalue weighted by atomic mass is 10.2. The molecule has 2 fully saturated rings. The van der Waals surface area contributed by atoms with Crippen molar-refractivity contribution in [3.63, 3.8) is 0 Å². The van der Waals surface area contributed by atoms with E-state index in [-0.39, 0.29) is 0 Å². The lowest BCUT2D eigenvalue weighted by Gasteiger charge is -2.21. The molecule has 1 saturated carbocycles. The summed E-state index contributed by atoms with van der Waals surface area (Å²) >= 11 is 6.27. The molecule has 5 rings (SSSR count). The molecule has 1 aliphatic carbocycles. The lowest BCUT2D eigenvalue weighted by Crippen LogP contribution is -2.29. The van der Waals surface area contributed by atoms with Crippen LogP contribution in [0.15, 0.2) is 36.5 Å². The molecule has 0 amide bonds. The second kappa shape index (κ2) is 8.92. The first-order valence-corrected chi connectivity index (χ1v) is 11.1. The number of nitrogens with zero attached hydrogens (tertiary/aromatic N) is 4. The van der Waals surface area contributed by atoms with E-state index >= 15 is 0 Å². The van der Waals surface area contributed by atoms with E-state index in [4.69, 9.17) is 21.3 Å². The minimum Gasteiger partial charge on any atom is -0.495 e. The van der Waals surface area contributed by atoms with E-state index in [1.165, 1.54) is 6.42 Å². The fourth-order valence-corrected chi connectivity index (χ4v) is 4.47. The van der Waals surface area contributed by atoms with Gasteiger partial charge in [-0.05, 0) is 36.0 Å². The van der Waals surface area contributed by atoms with Crippen molar-refractivity contribution >= 4 is 35.3 Å². The predicted octanol–water partition coefficient (Wildman–Crippen LogP) is 1.94. The number of aromatic nitrogens is 2. The maximum absolute atomic E-state index is 10.8. The van der Waals surface area contributed by atoms with Gasteiger partial charge in [-0.15, -0.1) is 0 Å². The maximum atomic E-state index is 10.8. The third kappa shape index (κ3) is 4.49. The molecule has 0 bridgehead atoms. The minimum absolute atomic E-state index is 0.443. The molecule has 2 aliphatic heterocycles. The van der Waals surface area contributed by atoms with Crippen molar-refractivity contribution in [1.82, 2.24) is 20.0 Å². The Balaban J connectivity index is 1.34. The van der Waals surface area contributed by atoms with Gasteiger partial charge in [0.15, 0.2) is 0 Å². The van der Waals surface area contributed by atoms with Crippen molar-refractivity contribution in [2.24, 2.45) is 11.8 Å². The fraction of sp³-hybridized carbons (Fsp3) is 0.391. The highest BCUT2D eigenvalue weighted by atomic mass is 35.5. The number of anilines is 2. The van der Waals surface area contributed by atoms with Crippen molar-refractivity contribution in [2.45, 2.75) is 19.2 Å². The number of nitrogens with one attached hydrogen (secondary N) is 2. The number of piperidine rings is 1. The lowest BCUT2D eigenvalue weighted by molar-refractivity contribution is 0.145. The zero-order valence-corrected chi connectivity index (χ0v) is 18.6. The first-order valence-electron chi connectivity index (χ1n) is 10.8. The summed E-state index contributed by atoms with van der Waals surface area (Å²) < 4.78 is 9.46. The van der Waals surface area contributed by atoms with Crippen LogP contribution >= 0.6 is 11.6 Å². The Morgan fingerprint density at radius 3 is 2.88 bits per heavy atom. The van der Waals surface area contributed by atoms with Crippen LogP contribution in [0.1, 0.15) is 23.8 Å². The van der Waals surface area contributed by atoms with Crippen molar-refractivity contribution in [1.29, 1.82) is 0 Å². The standard InChI is InChI=1S/C23H26ClN6O2/c1-32-20-5-4-14(7-19(20)24)9-26-21-18(22(31)27-10-17-3-2-6-25-17)11-28-23(29-21)30-12-15-8-16(15)13-30/h2-7,11,15-16,22,27,31H,8-10,12-13H2,1H3,(H,26,28,29)/q+1. The minimum atomic E-state index is -0.935. The number of benzene rings is 1. The molecule has 1 aromatic heterocycles. The molecule has 166 valence electrons.